The average Bonchev–Trinajstić information content (AvgIpc) is 2.97. The molecule has 3 rings (SSSR count). The van der Waals surface area contributed by atoms with Gasteiger partial charge in [-0.25, -0.2) is 8.78 Å². The van der Waals surface area contributed by atoms with Crippen LogP contribution < -0.4 is 0 Å². The van der Waals surface area contributed by atoms with E-state index in [0.29, 0.717) is 35.5 Å². The molecule has 148 valence electrons. The number of methoxy groups -OCH3 is 1. The van der Waals surface area contributed by atoms with Crippen molar-refractivity contribution in [1.29, 1.82) is 0 Å². The second-order valence-corrected chi connectivity index (χ2v) is 7.80. The molecule has 1 saturated carbocycles. The standard InChI is InChI=1S/C20H24ClF2NO3/c1-27-11-10-24-12-14(18-15(21)4-2-5-16(18)24)17(25)6-9-19(26)7-3-8-20(22,23)13-19/h2,4-5,12,26H,3,6-11,13H2,1H3. The maximum Gasteiger partial charge on any atom is 0.250 e. The minimum atomic E-state index is -2.87. The first kappa shape index (κ1) is 20.2. The van der Waals surface area contributed by atoms with Gasteiger partial charge in [0.15, 0.2) is 5.78 Å². The lowest BCUT2D eigenvalue weighted by Crippen LogP contribution is -2.41. The largest absolute Gasteiger partial charge is 0.390 e. The summed E-state index contributed by atoms with van der Waals surface area (Å²) in [4.78, 5) is 12.8. The minimum absolute atomic E-state index is 0.00118. The van der Waals surface area contributed by atoms with E-state index in [4.69, 9.17) is 16.3 Å². The van der Waals surface area contributed by atoms with Crippen molar-refractivity contribution in [3.8, 4) is 0 Å². The summed E-state index contributed by atoms with van der Waals surface area (Å²) in [6, 6.07) is 5.41. The summed E-state index contributed by atoms with van der Waals surface area (Å²) >= 11 is 6.32. The second-order valence-electron chi connectivity index (χ2n) is 7.40. The van der Waals surface area contributed by atoms with Crippen LogP contribution in [0.2, 0.25) is 5.02 Å². The monoisotopic (exact) mass is 399 g/mol. The second kappa shape index (κ2) is 7.86. The number of Topliss-reactive ketones (excluding diaryl/α,β-unsaturated/α-hetero) is 1. The molecule has 1 heterocycles. The van der Waals surface area contributed by atoms with Gasteiger partial charge in [-0.1, -0.05) is 17.7 Å². The van der Waals surface area contributed by atoms with E-state index >= 15 is 0 Å². The van der Waals surface area contributed by atoms with Gasteiger partial charge in [-0.3, -0.25) is 4.79 Å². The van der Waals surface area contributed by atoms with E-state index in [1.165, 1.54) is 0 Å². The van der Waals surface area contributed by atoms with E-state index in [0.717, 1.165) is 5.52 Å². The fraction of sp³-hybridized carbons (Fsp3) is 0.550. The summed E-state index contributed by atoms with van der Waals surface area (Å²) in [5.74, 6) is -3.07. The number of halogens is 3. The van der Waals surface area contributed by atoms with Crippen LogP contribution in [-0.4, -0.2) is 40.7 Å². The first-order valence-corrected chi connectivity index (χ1v) is 9.52. The third-order valence-electron chi connectivity index (χ3n) is 5.28. The van der Waals surface area contributed by atoms with Crippen LogP contribution in [0.15, 0.2) is 24.4 Å². The van der Waals surface area contributed by atoms with Crippen LogP contribution in [0.1, 0.15) is 48.9 Å². The number of hydrogen-bond acceptors (Lipinski definition) is 3. The normalized spacial score (nSPS) is 22.3. The van der Waals surface area contributed by atoms with Gasteiger partial charge in [0.1, 0.15) is 0 Å². The van der Waals surface area contributed by atoms with Gasteiger partial charge in [0.05, 0.1) is 22.7 Å². The van der Waals surface area contributed by atoms with Gasteiger partial charge in [0.25, 0.3) is 5.92 Å². The molecule has 1 unspecified atom stereocenters. The van der Waals surface area contributed by atoms with Gasteiger partial charge in [-0.15, -0.1) is 0 Å². The number of aromatic nitrogens is 1. The molecule has 7 heteroatoms. The quantitative estimate of drug-likeness (QED) is 0.677. The lowest BCUT2D eigenvalue weighted by molar-refractivity contribution is -0.126. The molecule has 0 saturated heterocycles. The number of aliphatic hydroxyl groups is 1. The number of carbonyl (C=O) groups excluding carboxylic acids is 1. The van der Waals surface area contributed by atoms with Crippen LogP contribution in [-0.2, 0) is 11.3 Å². The average molecular weight is 400 g/mol. The Morgan fingerprint density at radius 3 is 2.85 bits per heavy atom. The zero-order valence-corrected chi connectivity index (χ0v) is 16.1. The number of hydrogen-bond donors (Lipinski definition) is 1. The van der Waals surface area contributed by atoms with Gasteiger partial charge in [0.2, 0.25) is 0 Å². The Kier molecular flexibility index (Phi) is 5.89. The number of ketones is 1. The molecule has 1 aliphatic carbocycles. The molecular weight excluding hydrogens is 376 g/mol. The molecule has 0 spiro atoms. The summed E-state index contributed by atoms with van der Waals surface area (Å²) in [6.07, 6.45) is 1.54. The van der Waals surface area contributed by atoms with E-state index in [-0.39, 0.29) is 31.5 Å². The summed E-state index contributed by atoms with van der Waals surface area (Å²) in [5, 5.41) is 11.6. The molecule has 0 radical (unpaired) electrons. The van der Waals surface area contributed by atoms with Crippen molar-refractivity contribution in [2.45, 2.75) is 56.6 Å². The number of nitrogens with zero attached hydrogens (tertiary/aromatic N) is 1. The van der Waals surface area contributed by atoms with Gasteiger partial charge < -0.3 is 14.4 Å². The number of rotatable bonds is 7. The Hall–Kier alpha value is -1.50. The van der Waals surface area contributed by atoms with Crippen molar-refractivity contribution in [2.75, 3.05) is 13.7 Å². The number of ether oxygens (including phenoxy) is 1. The van der Waals surface area contributed by atoms with Crippen molar-refractivity contribution < 1.29 is 23.4 Å². The number of carbonyl (C=O) groups is 1. The third kappa shape index (κ3) is 4.50. The summed E-state index contributed by atoms with van der Waals surface area (Å²) in [5.41, 5.74) is -0.209. The van der Waals surface area contributed by atoms with Crippen LogP contribution >= 0.6 is 11.6 Å². The maximum atomic E-state index is 13.7. The topological polar surface area (TPSA) is 51.5 Å². The van der Waals surface area contributed by atoms with Crippen LogP contribution in [0.5, 0.6) is 0 Å². The molecule has 1 N–H and O–H groups in total. The van der Waals surface area contributed by atoms with Gasteiger partial charge in [0, 0.05) is 50.1 Å². The molecule has 1 fully saturated rings. The van der Waals surface area contributed by atoms with E-state index in [1.54, 1.807) is 19.4 Å². The van der Waals surface area contributed by atoms with E-state index in [1.807, 2.05) is 16.7 Å². The number of alkyl halides is 2. The Morgan fingerprint density at radius 1 is 1.37 bits per heavy atom. The van der Waals surface area contributed by atoms with Crippen molar-refractivity contribution >= 4 is 28.3 Å². The van der Waals surface area contributed by atoms with Crippen molar-refractivity contribution in [1.82, 2.24) is 4.57 Å². The molecule has 1 aromatic carbocycles. The molecule has 1 aliphatic rings. The van der Waals surface area contributed by atoms with Crippen LogP contribution in [0.4, 0.5) is 8.78 Å². The van der Waals surface area contributed by atoms with Crippen LogP contribution in [0, 0.1) is 0 Å². The molecule has 4 nitrogen and oxygen atoms in total. The van der Waals surface area contributed by atoms with Crippen molar-refractivity contribution in [3.63, 3.8) is 0 Å². The van der Waals surface area contributed by atoms with Gasteiger partial charge >= 0.3 is 0 Å². The molecule has 1 aromatic heterocycles. The predicted molar refractivity (Wildman–Crippen MR) is 101 cm³/mol. The molecular formula is C20H24ClF2NO3. The molecule has 27 heavy (non-hydrogen) atoms. The lowest BCUT2D eigenvalue weighted by atomic mass is 9.79. The number of fused-ring (bicyclic) bond motifs is 1. The molecule has 0 bridgehead atoms. The maximum absolute atomic E-state index is 13.7. The predicted octanol–water partition coefficient (Wildman–Crippen LogP) is 4.84. The fourth-order valence-electron chi connectivity index (χ4n) is 3.92. The zero-order chi connectivity index (χ0) is 19.7. The van der Waals surface area contributed by atoms with Crippen LogP contribution in [0.3, 0.4) is 0 Å². The van der Waals surface area contributed by atoms with E-state index in [2.05, 4.69) is 0 Å². The zero-order valence-electron chi connectivity index (χ0n) is 15.3. The number of benzene rings is 1. The van der Waals surface area contributed by atoms with Crippen molar-refractivity contribution in [2.24, 2.45) is 0 Å². The highest BCUT2D eigenvalue weighted by Gasteiger charge is 2.44. The summed E-state index contributed by atoms with van der Waals surface area (Å²) < 4.78 is 34.3. The Labute approximate surface area is 162 Å². The Balaban J connectivity index is 1.81. The van der Waals surface area contributed by atoms with E-state index in [9.17, 15) is 18.7 Å². The minimum Gasteiger partial charge on any atom is -0.390 e. The Bertz CT molecular complexity index is 836. The van der Waals surface area contributed by atoms with Crippen molar-refractivity contribution in [3.05, 3.63) is 35.0 Å². The third-order valence-corrected chi connectivity index (χ3v) is 5.60. The molecule has 0 amide bonds. The first-order chi connectivity index (χ1) is 12.7. The highest BCUT2D eigenvalue weighted by Crippen LogP contribution is 2.41. The van der Waals surface area contributed by atoms with Gasteiger partial charge in [-0.2, -0.15) is 0 Å². The fourth-order valence-corrected chi connectivity index (χ4v) is 4.19. The summed E-state index contributed by atoms with van der Waals surface area (Å²) in [7, 11) is 1.60. The Morgan fingerprint density at radius 2 is 2.15 bits per heavy atom. The van der Waals surface area contributed by atoms with E-state index < -0.39 is 17.9 Å². The summed E-state index contributed by atoms with van der Waals surface area (Å²) in [6.45, 7) is 1.05. The smallest absolute Gasteiger partial charge is 0.250 e. The molecule has 0 aliphatic heterocycles. The highest BCUT2D eigenvalue weighted by atomic mass is 35.5. The first-order valence-electron chi connectivity index (χ1n) is 9.14. The highest BCUT2D eigenvalue weighted by molar-refractivity contribution is 6.37. The van der Waals surface area contributed by atoms with Gasteiger partial charge in [-0.05, 0) is 31.4 Å². The SMILES string of the molecule is COCCn1cc(C(=O)CCC2(O)CCCC(F)(F)C2)c2c(Cl)cccc21. The lowest BCUT2D eigenvalue weighted by Gasteiger charge is -2.36. The van der Waals surface area contributed by atoms with Crippen LogP contribution in [0.25, 0.3) is 10.9 Å². The molecule has 1 atom stereocenters. The molecule has 2 aromatic rings.